The normalized spacial score (nSPS) is 24.2. The number of rotatable bonds is 2. The summed E-state index contributed by atoms with van der Waals surface area (Å²) < 4.78 is 0. The second-order valence-corrected chi connectivity index (χ2v) is 8.39. The van der Waals surface area contributed by atoms with Crippen LogP contribution in [0, 0.1) is 0 Å². The molecule has 0 saturated carbocycles. The molecule has 2 heteroatoms. The second-order valence-electron chi connectivity index (χ2n) is 8.39. The maximum absolute atomic E-state index is 10.5. The van der Waals surface area contributed by atoms with Crippen LogP contribution in [0.2, 0.25) is 0 Å². The minimum absolute atomic E-state index is 0.205. The summed E-state index contributed by atoms with van der Waals surface area (Å²) in [6.07, 6.45) is 14.8. The zero-order valence-electron chi connectivity index (χ0n) is 15.2. The summed E-state index contributed by atoms with van der Waals surface area (Å²) >= 11 is 0. The van der Waals surface area contributed by atoms with Crippen LogP contribution in [0.3, 0.4) is 0 Å². The molecule has 0 atom stereocenters. The third-order valence-electron chi connectivity index (χ3n) is 5.40. The molecule has 1 aliphatic heterocycles. The van der Waals surface area contributed by atoms with Crippen LogP contribution >= 0.6 is 0 Å². The van der Waals surface area contributed by atoms with E-state index in [1.54, 1.807) is 5.06 Å². The Labute approximate surface area is 146 Å². The standard InChI is InChI=1S/C22H29NO/c1-21(2)15-20(16-22(3,4)23(21)24)19-13-11-18(12-14-19)17-9-7-5-6-8-10-17/h5-14,17,20,24H,15-16H2,1-4H3. The fourth-order valence-corrected chi connectivity index (χ4v) is 4.28. The van der Waals surface area contributed by atoms with E-state index in [4.69, 9.17) is 0 Å². The first-order valence-electron chi connectivity index (χ1n) is 8.90. The molecular formula is C22H29NO. The number of benzene rings is 1. The van der Waals surface area contributed by atoms with Crippen LogP contribution in [0.1, 0.15) is 63.5 Å². The molecule has 1 aromatic rings. The number of hydrogen-bond donors (Lipinski definition) is 1. The lowest BCUT2D eigenvalue weighted by Crippen LogP contribution is -2.58. The summed E-state index contributed by atoms with van der Waals surface area (Å²) in [5.41, 5.74) is 2.30. The van der Waals surface area contributed by atoms with Crippen LogP contribution < -0.4 is 0 Å². The third kappa shape index (κ3) is 3.40. The lowest BCUT2D eigenvalue weighted by atomic mass is 9.72. The Hall–Kier alpha value is -1.64. The van der Waals surface area contributed by atoms with Gasteiger partial charge < -0.3 is 5.21 Å². The summed E-state index contributed by atoms with van der Waals surface area (Å²) in [6.45, 7) is 8.51. The van der Waals surface area contributed by atoms with Gasteiger partial charge in [-0.15, -0.1) is 0 Å². The molecule has 0 bridgehead atoms. The van der Waals surface area contributed by atoms with Gasteiger partial charge >= 0.3 is 0 Å². The molecule has 1 fully saturated rings. The van der Waals surface area contributed by atoms with E-state index in [-0.39, 0.29) is 11.1 Å². The lowest BCUT2D eigenvalue weighted by Gasteiger charge is -2.51. The van der Waals surface area contributed by atoms with E-state index in [2.05, 4.69) is 88.4 Å². The van der Waals surface area contributed by atoms with Crippen LogP contribution in [-0.2, 0) is 0 Å². The number of piperidine rings is 1. The predicted octanol–water partition coefficient (Wildman–Crippen LogP) is 5.58. The molecule has 1 aliphatic carbocycles. The molecule has 0 radical (unpaired) electrons. The Bertz CT molecular complexity index is 630. The smallest absolute Gasteiger partial charge is 0.0416 e. The van der Waals surface area contributed by atoms with Gasteiger partial charge in [0.25, 0.3) is 0 Å². The van der Waals surface area contributed by atoms with Gasteiger partial charge in [0.2, 0.25) is 0 Å². The average Bonchev–Trinajstić information content (AvgIpc) is 2.81. The molecule has 0 unspecified atom stereocenters. The fraction of sp³-hybridized carbons (Fsp3) is 0.455. The van der Waals surface area contributed by atoms with Crippen LogP contribution in [0.4, 0.5) is 0 Å². The van der Waals surface area contributed by atoms with Gasteiger partial charge in [0.15, 0.2) is 0 Å². The van der Waals surface area contributed by atoms with Crippen molar-refractivity contribution in [2.24, 2.45) is 0 Å². The SMILES string of the molecule is CC1(C)CC(c2ccc(C3C=CC=CC=C3)cc2)CC(C)(C)N1O. The first-order valence-corrected chi connectivity index (χ1v) is 8.90. The van der Waals surface area contributed by atoms with Crippen LogP contribution in [0.5, 0.6) is 0 Å². The lowest BCUT2D eigenvalue weighted by molar-refractivity contribution is -0.245. The Balaban J connectivity index is 1.81. The van der Waals surface area contributed by atoms with Crippen LogP contribution in [-0.4, -0.2) is 21.3 Å². The summed E-state index contributed by atoms with van der Waals surface area (Å²) in [7, 11) is 0. The number of allylic oxidation sites excluding steroid dienone is 6. The van der Waals surface area contributed by atoms with Crippen molar-refractivity contribution in [3.05, 3.63) is 71.8 Å². The molecule has 0 spiro atoms. The summed E-state index contributed by atoms with van der Waals surface area (Å²) in [4.78, 5) is 0. The van der Waals surface area contributed by atoms with Crippen molar-refractivity contribution in [1.82, 2.24) is 5.06 Å². The van der Waals surface area contributed by atoms with Crippen molar-refractivity contribution in [2.75, 3.05) is 0 Å². The Morgan fingerprint density at radius 1 is 0.792 bits per heavy atom. The van der Waals surface area contributed by atoms with E-state index in [1.165, 1.54) is 11.1 Å². The van der Waals surface area contributed by atoms with E-state index >= 15 is 0 Å². The Morgan fingerprint density at radius 2 is 1.25 bits per heavy atom. The van der Waals surface area contributed by atoms with Crippen molar-refractivity contribution in [3.63, 3.8) is 0 Å². The van der Waals surface area contributed by atoms with Crippen molar-refractivity contribution >= 4 is 0 Å². The maximum atomic E-state index is 10.5. The predicted molar refractivity (Wildman–Crippen MR) is 100 cm³/mol. The topological polar surface area (TPSA) is 23.5 Å². The van der Waals surface area contributed by atoms with Gasteiger partial charge in [0, 0.05) is 17.0 Å². The quantitative estimate of drug-likeness (QED) is 0.768. The molecule has 128 valence electrons. The van der Waals surface area contributed by atoms with Crippen LogP contribution in [0.15, 0.2) is 60.7 Å². The molecule has 0 aromatic heterocycles. The summed E-state index contributed by atoms with van der Waals surface area (Å²) in [5.74, 6) is 0.829. The average molecular weight is 323 g/mol. The van der Waals surface area contributed by atoms with E-state index in [0.29, 0.717) is 11.8 Å². The van der Waals surface area contributed by atoms with Crippen molar-refractivity contribution in [2.45, 2.75) is 63.5 Å². The van der Waals surface area contributed by atoms with E-state index in [0.717, 1.165) is 12.8 Å². The van der Waals surface area contributed by atoms with Crippen molar-refractivity contribution in [1.29, 1.82) is 0 Å². The van der Waals surface area contributed by atoms with Crippen molar-refractivity contribution in [3.8, 4) is 0 Å². The first kappa shape index (κ1) is 17.2. The highest BCUT2D eigenvalue weighted by Crippen LogP contribution is 2.44. The highest BCUT2D eigenvalue weighted by molar-refractivity contribution is 5.36. The first-order chi connectivity index (χ1) is 11.3. The summed E-state index contributed by atoms with van der Waals surface area (Å²) in [6, 6.07) is 9.06. The maximum Gasteiger partial charge on any atom is 0.0416 e. The summed E-state index contributed by atoms with van der Waals surface area (Å²) in [5, 5.41) is 12.0. The van der Waals surface area contributed by atoms with E-state index in [9.17, 15) is 5.21 Å². The zero-order chi connectivity index (χ0) is 17.4. The highest BCUT2D eigenvalue weighted by Gasteiger charge is 2.45. The monoisotopic (exact) mass is 323 g/mol. The Morgan fingerprint density at radius 3 is 1.75 bits per heavy atom. The molecule has 24 heavy (non-hydrogen) atoms. The van der Waals surface area contributed by atoms with Crippen molar-refractivity contribution < 1.29 is 5.21 Å². The molecular weight excluding hydrogens is 294 g/mol. The minimum Gasteiger partial charge on any atom is -0.313 e. The molecule has 0 amide bonds. The van der Waals surface area contributed by atoms with Gasteiger partial charge in [-0.2, -0.15) is 5.06 Å². The van der Waals surface area contributed by atoms with E-state index < -0.39 is 0 Å². The van der Waals surface area contributed by atoms with Gasteiger partial charge in [-0.1, -0.05) is 60.7 Å². The fourth-order valence-electron chi connectivity index (χ4n) is 4.28. The second kappa shape index (κ2) is 6.34. The molecule has 2 aliphatic rings. The number of nitrogens with zero attached hydrogens (tertiary/aromatic N) is 1. The molecule has 2 nitrogen and oxygen atoms in total. The molecule has 1 N–H and O–H groups in total. The van der Waals surface area contributed by atoms with E-state index in [1.807, 2.05) is 0 Å². The van der Waals surface area contributed by atoms with Gasteiger partial charge in [0.05, 0.1) is 0 Å². The number of hydroxylamine groups is 2. The van der Waals surface area contributed by atoms with Gasteiger partial charge in [0.1, 0.15) is 0 Å². The molecule has 1 aromatic carbocycles. The van der Waals surface area contributed by atoms with Gasteiger partial charge in [-0.25, -0.2) is 0 Å². The van der Waals surface area contributed by atoms with Crippen LogP contribution in [0.25, 0.3) is 0 Å². The van der Waals surface area contributed by atoms with Gasteiger partial charge in [-0.3, -0.25) is 0 Å². The highest BCUT2D eigenvalue weighted by atomic mass is 16.5. The Kier molecular flexibility index (Phi) is 4.54. The van der Waals surface area contributed by atoms with Gasteiger partial charge in [-0.05, 0) is 57.6 Å². The molecule has 3 rings (SSSR count). The molecule has 1 saturated heterocycles. The zero-order valence-corrected chi connectivity index (χ0v) is 15.2. The largest absolute Gasteiger partial charge is 0.313 e. The molecule has 1 heterocycles. The third-order valence-corrected chi connectivity index (χ3v) is 5.40. The number of hydrogen-bond acceptors (Lipinski definition) is 2. The minimum atomic E-state index is -0.205.